The smallest absolute Gasteiger partial charge is 0.144 e. The van der Waals surface area contributed by atoms with E-state index in [1.54, 1.807) is 12.3 Å². The summed E-state index contributed by atoms with van der Waals surface area (Å²) in [6, 6.07) is 22.9. The molecule has 0 fully saturated rings. The Labute approximate surface area is 186 Å². The number of nitrogens with zero attached hydrogens (tertiary/aromatic N) is 1. The van der Waals surface area contributed by atoms with Crippen LogP contribution in [0.3, 0.4) is 0 Å². The molecule has 0 unspecified atom stereocenters. The molecule has 5 aromatic rings. The molecule has 0 radical (unpaired) electrons. The molecular formula is C29H22FNO. The van der Waals surface area contributed by atoms with E-state index in [1.165, 1.54) is 12.1 Å². The zero-order chi connectivity index (χ0) is 22.3. The minimum atomic E-state index is -0.311. The van der Waals surface area contributed by atoms with Crippen LogP contribution in [0.2, 0.25) is 0 Å². The summed E-state index contributed by atoms with van der Waals surface area (Å²) in [5.74, 6) is 6.19. The van der Waals surface area contributed by atoms with E-state index in [2.05, 4.69) is 55.8 Å². The Balaban J connectivity index is 1.55. The van der Waals surface area contributed by atoms with Gasteiger partial charge in [0.25, 0.3) is 0 Å². The SMILES string of the molecule is CC(C)(C)C#Cc1ccc(-c2ccnc(-c3cccc4c3oc3cc(F)ccc34)c2)cc1. The van der Waals surface area contributed by atoms with Crippen molar-refractivity contribution >= 4 is 21.9 Å². The number of hydrogen-bond acceptors (Lipinski definition) is 2. The van der Waals surface area contributed by atoms with Crippen molar-refractivity contribution in [2.24, 2.45) is 5.41 Å². The third kappa shape index (κ3) is 3.88. The minimum absolute atomic E-state index is 0.0257. The summed E-state index contributed by atoms with van der Waals surface area (Å²) < 4.78 is 19.7. The van der Waals surface area contributed by atoms with Crippen LogP contribution < -0.4 is 0 Å². The molecular weight excluding hydrogens is 397 g/mol. The van der Waals surface area contributed by atoms with Gasteiger partial charge in [-0.1, -0.05) is 36.1 Å². The molecule has 0 saturated heterocycles. The summed E-state index contributed by atoms with van der Waals surface area (Å²) in [6.45, 7) is 6.31. The van der Waals surface area contributed by atoms with E-state index in [4.69, 9.17) is 4.42 Å². The van der Waals surface area contributed by atoms with E-state index in [0.717, 1.165) is 38.7 Å². The van der Waals surface area contributed by atoms with Crippen molar-refractivity contribution in [3.8, 4) is 34.2 Å². The average molecular weight is 419 g/mol. The fourth-order valence-electron chi connectivity index (χ4n) is 3.74. The Hall–Kier alpha value is -3.90. The molecule has 0 bridgehead atoms. The Morgan fingerprint density at radius 2 is 1.66 bits per heavy atom. The normalized spacial score (nSPS) is 11.5. The van der Waals surface area contributed by atoms with Crippen LogP contribution in [0.25, 0.3) is 44.3 Å². The van der Waals surface area contributed by atoms with Gasteiger partial charge in [-0.2, -0.15) is 0 Å². The van der Waals surface area contributed by atoms with Gasteiger partial charge in [0, 0.05) is 39.6 Å². The zero-order valence-electron chi connectivity index (χ0n) is 18.2. The van der Waals surface area contributed by atoms with Crippen LogP contribution in [0.1, 0.15) is 26.3 Å². The van der Waals surface area contributed by atoms with Gasteiger partial charge in [0.1, 0.15) is 17.0 Å². The molecule has 0 aliphatic rings. The molecule has 5 rings (SSSR count). The highest BCUT2D eigenvalue weighted by Crippen LogP contribution is 2.36. The van der Waals surface area contributed by atoms with Gasteiger partial charge in [-0.15, -0.1) is 0 Å². The fourth-order valence-corrected chi connectivity index (χ4v) is 3.74. The van der Waals surface area contributed by atoms with Crippen molar-refractivity contribution in [2.75, 3.05) is 0 Å². The number of aromatic nitrogens is 1. The van der Waals surface area contributed by atoms with Crippen LogP contribution in [0.5, 0.6) is 0 Å². The summed E-state index contributed by atoms with van der Waals surface area (Å²) in [7, 11) is 0. The second-order valence-electron chi connectivity index (χ2n) is 8.93. The van der Waals surface area contributed by atoms with Crippen LogP contribution in [-0.4, -0.2) is 4.98 Å². The maximum absolute atomic E-state index is 13.7. The molecule has 3 heteroatoms. The minimum Gasteiger partial charge on any atom is -0.455 e. The van der Waals surface area contributed by atoms with Gasteiger partial charge in [-0.3, -0.25) is 4.98 Å². The predicted octanol–water partition coefficient (Wildman–Crippen LogP) is 7.85. The maximum Gasteiger partial charge on any atom is 0.144 e. The van der Waals surface area contributed by atoms with Gasteiger partial charge in [0.05, 0.1) is 5.69 Å². The van der Waals surface area contributed by atoms with Crippen molar-refractivity contribution in [1.29, 1.82) is 0 Å². The molecule has 0 atom stereocenters. The second kappa shape index (κ2) is 7.66. The molecule has 0 amide bonds. The maximum atomic E-state index is 13.7. The molecule has 2 heterocycles. The first-order valence-electron chi connectivity index (χ1n) is 10.6. The molecule has 32 heavy (non-hydrogen) atoms. The lowest BCUT2D eigenvalue weighted by Crippen LogP contribution is -1.99. The van der Waals surface area contributed by atoms with Crippen molar-refractivity contribution < 1.29 is 8.81 Å². The van der Waals surface area contributed by atoms with Gasteiger partial charge in [-0.05, 0) is 74.4 Å². The summed E-state index contributed by atoms with van der Waals surface area (Å²) in [5.41, 5.74) is 6.07. The highest BCUT2D eigenvalue weighted by molar-refractivity contribution is 6.09. The largest absolute Gasteiger partial charge is 0.455 e. The Morgan fingerprint density at radius 1 is 0.844 bits per heavy atom. The van der Waals surface area contributed by atoms with Gasteiger partial charge in [-0.25, -0.2) is 4.39 Å². The van der Waals surface area contributed by atoms with Crippen LogP contribution in [0.15, 0.2) is 83.4 Å². The molecule has 0 aliphatic carbocycles. The number of para-hydroxylation sites is 1. The lowest BCUT2D eigenvalue weighted by atomic mass is 9.97. The highest BCUT2D eigenvalue weighted by Gasteiger charge is 2.14. The zero-order valence-corrected chi connectivity index (χ0v) is 18.2. The van der Waals surface area contributed by atoms with E-state index in [1.807, 2.05) is 36.4 Å². The van der Waals surface area contributed by atoms with Gasteiger partial charge < -0.3 is 4.42 Å². The van der Waals surface area contributed by atoms with Crippen LogP contribution in [-0.2, 0) is 0 Å². The quantitative estimate of drug-likeness (QED) is 0.272. The first-order valence-corrected chi connectivity index (χ1v) is 10.6. The van der Waals surface area contributed by atoms with Gasteiger partial charge in [0.15, 0.2) is 0 Å². The Morgan fingerprint density at radius 3 is 2.44 bits per heavy atom. The molecule has 0 spiro atoms. The molecule has 3 aromatic carbocycles. The molecule has 156 valence electrons. The number of rotatable bonds is 2. The first kappa shape index (κ1) is 20.0. The Kier molecular flexibility index (Phi) is 4.79. The van der Waals surface area contributed by atoms with Crippen molar-refractivity contribution in [3.63, 3.8) is 0 Å². The molecule has 0 aliphatic heterocycles. The van der Waals surface area contributed by atoms with Gasteiger partial charge >= 0.3 is 0 Å². The summed E-state index contributed by atoms with van der Waals surface area (Å²) in [5, 5.41) is 1.85. The molecule has 2 aromatic heterocycles. The highest BCUT2D eigenvalue weighted by atomic mass is 19.1. The van der Waals surface area contributed by atoms with E-state index < -0.39 is 0 Å². The van der Waals surface area contributed by atoms with Crippen molar-refractivity contribution in [3.05, 3.63) is 90.4 Å². The van der Waals surface area contributed by atoms with Gasteiger partial charge in [0.2, 0.25) is 0 Å². The number of benzene rings is 3. The van der Waals surface area contributed by atoms with E-state index in [0.29, 0.717) is 11.2 Å². The standard InChI is InChI=1S/C29H22FNO/c1-29(2,3)15-13-19-7-9-20(10-8-19)21-14-16-31-26(17-21)25-6-4-5-24-23-12-11-22(30)18-27(23)32-28(24)25/h4-12,14,16-18H,1-3H3. The topological polar surface area (TPSA) is 26.0 Å². The third-order valence-electron chi connectivity index (χ3n) is 5.30. The van der Waals surface area contributed by atoms with Crippen LogP contribution >= 0.6 is 0 Å². The monoisotopic (exact) mass is 419 g/mol. The van der Waals surface area contributed by atoms with Crippen molar-refractivity contribution in [1.82, 2.24) is 4.98 Å². The fraction of sp³-hybridized carbons (Fsp3) is 0.138. The number of fused-ring (bicyclic) bond motifs is 3. The average Bonchev–Trinajstić information content (AvgIpc) is 3.15. The lowest BCUT2D eigenvalue weighted by Gasteiger charge is -2.07. The first-order chi connectivity index (χ1) is 15.4. The number of halogens is 1. The van der Waals surface area contributed by atoms with Crippen LogP contribution in [0, 0.1) is 23.1 Å². The van der Waals surface area contributed by atoms with Crippen molar-refractivity contribution in [2.45, 2.75) is 20.8 Å². The number of hydrogen-bond donors (Lipinski definition) is 0. The van der Waals surface area contributed by atoms with E-state index in [9.17, 15) is 4.39 Å². The number of furan rings is 1. The summed E-state index contributed by atoms with van der Waals surface area (Å²) in [6.07, 6.45) is 1.80. The molecule has 0 saturated carbocycles. The third-order valence-corrected chi connectivity index (χ3v) is 5.30. The number of pyridine rings is 1. The Bertz CT molecular complexity index is 1510. The summed E-state index contributed by atoms with van der Waals surface area (Å²) in [4.78, 5) is 4.59. The second-order valence-corrected chi connectivity index (χ2v) is 8.93. The summed E-state index contributed by atoms with van der Waals surface area (Å²) >= 11 is 0. The predicted molar refractivity (Wildman–Crippen MR) is 129 cm³/mol. The molecule has 0 N–H and O–H groups in total. The lowest BCUT2D eigenvalue weighted by molar-refractivity contribution is 0.571. The van der Waals surface area contributed by atoms with E-state index >= 15 is 0 Å². The molecule has 2 nitrogen and oxygen atoms in total. The van der Waals surface area contributed by atoms with E-state index in [-0.39, 0.29) is 11.2 Å². The van der Waals surface area contributed by atoms with Crippen LogP contribution in [0.4, 0.5) is 4.39 Å².